The van der Waals surface area contributed by atoms with Crippen molar-refractivity contribution in [2.75, 3.05) is 26.7 Å². The molecule has 11 heteroatoms. The minimum absolute atomic E-state index is 0.0784. The monoisotopic (exact) mass is 488 g/mol. The summed E-state index contributed by atoms with van der Waals surface area (Å²) in [6.07, 6.45) is 2.73. The first-order chi connectivity index (χ1) is 16.2. The number of aromatic hydroxyl groups is 1. The molecule has 0 unspecified atom stereocenters. The standard InChI is InChI=1S/C23H29FN6O3S/c1-3-30(23(27-2)8-10-28-11-9-23)22(33)18-20(32)19(31)16(13-29-18)21(26)34-17(25)12-14-4-6-15(24)7-5-14/h4-7,13,25-28,32H,3,8-12H2,1-2H3,(H,29,31). The molecule has 2 heterocycles. The number of carbonyl (C=O) groups is 1. The van der Waals surface area contributed by atoms with Crippen molar-refractivity contribution in [3.8, 4) is 5.75 Å². The highest BCUT2D eigenvalue weighted by molar-refractivity contribution is 8.26. The molecule has 0 saturated carbocycles. The van der Waals surface area contributed by atoms with Gasteiger partial charge in [0.05, 0.1) is 16.3 Å². The Bertz CT molecular complexity index is 1130. The van der Waals surface area contributed by atoms with Crippen LogP contribution in [0, 0.1) is 16.6 Å². The predicted octanol–water partition coefficient (Wildman–Crippen LogP) is 2.26. The molecule has 1 aromatic carbocycles. The molecule has 1 aliphatic heterocycles. The van der Waals surface area contributed by atoms with Crippen LogP contribution in [0.2, 0.25) is 0 Å². The second-order valence-electron chi connectivity index (χ2n) is 7.99. The van der Waals surface area contributed by atoms with E-state index in [2.05, 4.69) is 15.6 Å². The lowest BCUT2D eigenvalue weighted by molar-refractivity contribution is 0.0260. The van der Waals surface area contributed by atoms with Crippen LogP contribution in [-0.2, 0) is 6.42 Å². The summed E-state index contributed by atoms with van der Waals surface area (Å²) < 4.78 is 13.1. The number of benzene rings is 1. The van der Waals surface area contributed by atoms with Gasteiger partial charge >= 0.3 is 0 Å². The van der Waals surface area contributed by atoms with Gasteiger partial charge < -0.3 is 20.3 Å². The Balaban J connectivity index is 1.78. The highest BCUT2D eigenvalue weighted by Crippen LogP contribution is 2.26. The molecule has 2 aromatic rings. The van der Waals surface area contributed by atoms with Gasteiger partial charge in [0.1, 0.15) is 10.9 Å². The Morgan fingerprint density at radius 3 is 2.50 bits per heavy atom. The Morgan fingerprint density at radius 1 is 1.26 bits per heavy atom. The third-order valence-electron chi connectivity index (χ3n) is 5.99. The van der Waals surface area contributed by atoms with Crippen molar-refractivity contribution in [1.82, 2.24) is 20.5 Å². The van der Waals surface area contributed by atoms with Crippen molar-refractivity contribution in [2.45, 2.75) is 31.8 Å². The molecule has 6 N–H and O–H groups in total. The van der Waals surface area contributed by atoms with Crippen LogP contribution in [0.5, 0.6) is 5.75 Å². The molecular weight excluding hydrogens is 459 g/mol. The van der Waals surface area contributed by atoms with E-state index in [1.807, 2.05) is 6.92 Å². The molecule has 0 aliphatic carbocycles. The second-order valence-corrected chi connectivity index (χ2v) is 9.10. The molecule has 3 rings (SSSR count). The van der Waals surface area contributed by atoms with Crippen LogP contribution in [0.1, 0.15) is 41.4 Å². The normalized spacial score (nSPS) is 15.0. The molecule has 0 bridgehead atoms. The molecule has 1 aliphatic rings. The van der Waals surface area contributed by atoms with Crippen LogP contribution in [-0.4, -0.2) is 63.3 Å². The van der Waals surface area contributed by atoms with E-state index >= 15 is 0 Å². The topological polar surface area (TPSA) is 145 Å². The van der Waals surface area contributed by atoms with Crippen LogP contribution in [0.25, 0.3) is 0 Å². The molecule has 9 nitrogen and oxygen atoms in total. The third kappa shape index (κ3) is 5.37. The van der Waals surface area contributed by atoms with Crippen LogP contribution >= 0.6 is 11.8 Å². The maximum absolute atomic E-state index is 13.3. The van der Waals surface area contributed by atoms with Crippen molar-refractivity contribution in [3.05, 3.63) is 63.3 Å². The minimum Gasteiger partial charge on any atom is -0.503 e. The van der Waals surface area contributed by atoms with E-state index in [1.165, 1.54) is 18.3 Å². The van der Waals surface area contributed by atoms with E-state index in [1.54, 1.807) is 24.1 Å². The molecular formula is C23H29FN6O3S. The number of H-pyrrole nitrogens is 1. The fraction of sp³-hybridized carbons (Fsp3) is 0.391. The summed E-state index contributed by atoms with van der Waals surface area (Å²) in [6.45, 7) is 3.66. The summed E-state index contributed by atoms with van der Waals surface area (Å²) in [5, 5.41) is 33.3. The number of carbonyl (C=O) groups excluding carboxylic acids is 1. The zero-order valence-corrected chi connectivity index (χ0v) is 19.9. The van der Waals surface area contributed by atoms with Crippen molar-refractivity contribution in [1.29, 1.82) is 10.8 Å². The van der Waals surface area contributed by atoms with Gasteiger partial charge in [-0.2, -0.15) is 0 Å². The number of amides is 1. The second kappa shape index (κ2) is 10.9. The quantitative estimate of drug-likeness (QED) is 0.200. The third-order valence-corrected chi connectivity index (χ3v) is 6.81. The molecule has 182 valence electrons. The largest absolute Gasteiger partial charge is 0.503 e. The average molecular weight is 489 g/mol. The highest BCUT2D eigenvalue weighted by atomic mass is 32.2. The van der Waals surface area contributed by atoms with Crippen molar-refractivity contribution < 1.29 is 14.3 Å². The van der Waals surface area contributed by atoms with E-state index in [4.69, 9.17) is 10.8 Å². The zero-order chi connectivity index (χ0) is 24.9. The molecule has 34 heavy (non-hydrogen) atoms. The predicted molar refractivity (Wildman–Crippen MR) is 132 cm³/mol. The van der Waals surface area contributed by atoms with E-state index in [9.17, 15) is 19.1 Å². The highest BCUT2D eigenvalue weighted by Gasteiger charge is 2.40. The maximum Gasteiger partial charge on any atom is 0.275 e. The van der Waals surface area contributed by atoms with Gasteiger partial charge in [-0.15, -0.1) is 0 Å². The molecule has 1 fully saturated rings. The summed E-state index contributed by atoms with van der Waals surface area (Å²) >= 11 is 0.755. The van der Waals surface area contributed by atoms with Gasteiger partial charge in [-0.05, 0) is 57.6 Å². The van der Waals surface area contributed by atoms with Crippen LogP contribution < -0.4 is 16.1 Å². The first-order valence-electron chi connectivity index (χ1n) is 11.0. The average Bonchev–Trinajstić information content (AvgIpc) is 2.83. The van der Waals surface area contributed by atoms with E-state index < -0.39 is 22.7 Å². The molecule has 0 radical (unpaired) electrons. The van der Waals surface area contributed by atoms with E-state index in [0.29, 0.717) is 24.9 Å². The molecule has 1 aromatic heterocycles. The first kappa shape index (κ1) is 25.6. The van der Waals surface area contributed by atoms with Gasteiger partial charge in [0.15, 0.2) is 11.4 Å². The SMILES string of the molecule is CCN(C(=O)c1[nH]cc(C(=N)SC(=N)Cc2ccc(F)cc2)c(=O)c1O)C1(NC)CCNCC1. The number of hydrogen-bond donors (Lipinski definition) is 6. The molecule has 1 saturated heterocycles. The number of hydrogen-bond acceptors (Lipinski definition) is 8. The van der Waals surface area contributed by atoms with E-state index in [0.717, 1.165) is 24.9 Å². The Kier molecular flexibility index (Phi) is 8.24. The minimum atomic E-state index is -0.853. The number of aromatic amines is 1. The van der Waals surface area contributed by atoms with Crippen LogP contribution in [0.4, 0.5) is 4.39 Å². The number of halogens is 1. The van der Waals surface area contributed by atoms with Gasteiger partial charge in [-0.1, -0.05) is 23.9 Å². The Hall–Kier alpha value is -3.02. The summed E-state index contributed by atoms with van der Waals surface area (Å²) in [7, 11) is 1.78. The van der Waals surface area contributed by atoms with Crippen LogP contribution in [0.3, 0.4) is 0 Å². The number of aromatic nitrogens is 1. The van der Waals surface area contributed by atoms with Crippen molar-refractivity contribution in [2.24, 2.45) is 0 Å². The maximum atomic E-state index is 13.3. The number of rotatable bonds is 7. The van der Waals surface area contributed by atoms with Gasteiger partial charge in [0, 0.05) is 19.2 Å². The van der Waals surface area contributed by atoms with Gasteiger partial charge in [0.2, 0.25) is 5.43 Å². The van der Waals surface area contributed by atoms with Gasteiger partial charge in [0.25, 0.3) is 5.91 Å². The Labute approximate surface area is 201 Å². The number of piperidine rings is 1. The van der Waals surface area contributed by atoms with Crippen LogP contribution in [0.15, 0.2) is 35.3 Å². The summed E-state index contributed by atoms with van der Waals surface area (Å²) in [6, 6.07) is 5.68. The number of thioether (sulfide) groups is 1. The molecule has 1 amide bonds. The summed E-state index contributed by atoms with van der Waals surface area (Å²) in [5.41, 5.74) is -1.13. The summed E-state index contributed by atoms with van der Waals surface area (Å²) in [5.74, 6) is -1.64. The van der Waals surface area contributed by atoms with Crippen molar-refractivity contribution >= 4 is 27.8 Å². The van der Waals surface area contributed by atoms with Gasteiger partial charge in [-0.3, -0.25) is 25.7 Å². The lowest BCUT2D eigenvalue weighted by atomic mass is 9.95. The fourth-order valence-electron chi connectivity index (χ4n) is 4.12. The number of pyridine rings is 1. The number of nitrogens with zero attached hydrogens (tertiary/aromatic N) is 1. The lowest BCUT2D eigenvalue weighted by Crippen LogP contribution is -2.63. The molecule has 0 atom stereocenters. The van der Waals surface area contributed by atoms with Gasteiger partial charge in [-0.25, -0.2) is 4.39 Å². The fourth-order valence-corrected chi connectivity index (χ4v) is 4.87. The lowest BCUT2D eigenvalue weighted by Gasteiger charge is -2.46. The first-order valence-corrected chi connectivity index (χ1v) is 11.8. The number of nitrogens with one attached hydrogen (secondary N) is 5. The Morgan fingerprint density at radius 2 is 1.91 bits per heavy atom. The zero-order valence-electron chi connectivity index (χ0n) is 19.1. The smallest absolute Gasteiger partial charge is 0.275 e. The summed E-state index contributed by atoms with van der Waals surface area (Å²) in [4.78, 5) is 30.4. The van der Waals surface area contributed by atoms with E-state index in [-0.39, 0.29) is 33.6 Å². The van der Waals surface area contributed by atoms with Crippen molar-refractivity contribution in [3.63, 3.8) is 0 Å². The molecule has 0 spiro atoms.